The Kier molecular flexibility index (Phi) is 4.32. The highest BCUT2D eigenvalue weighted by atomic mass is 35.5. The highest BCUT2D eigenvalue weighted by Gasteiger charge is 2.08. The molecule has 0 fully saturated rings. The lowest BCUT2D eigenvalue weighted by Gasteiger charge is -2.03. The van der Waals surface area contributed by atoms with Crippen molar-refractivity contribution in [3.05, 3.63) is 70.4 Å². The van der Waals surface area contributed by atoms with Gasteiger partial charge in [0, 0.05) is 17.3 Å². The maximum Gasteiger partial charge on any atom is 0.248 e. The highest BCUT2D eigenvalue weighted by molar-refractivity contribution is 6.31. The third-order valence-corrected chi connectivity index (χ3v) is 3.62. The van der Waals surface area contributed by atoms with Crippen molar-refractivity contribution in [3.63, 3.8) is 0 Å². The number of pyridine rings is 1. The lowest BCUT2D eigenvalue weighted by molar-refractivity contribution is -0.111. The first-order chi connectivity index (χ1) is 11.0. The summed E-state index contributed by atoms with van der Waals surface area (Å²) in [4.78, 5) is 16.1. The van der Waals surface area contributed by atoms with Crippen molar-refractivity contribution in [3.8, 4) is 0 Å². The zero-order valence-electron chi connectivity index (χ0n) is 11.6. The second-order valence-electron chi connectivity index (χ2n) is 4.66. The monoisotopic (exact) mass is 349 g/mol. The molecular weight excluding hydrogens is 340 g/mol. The Morgan fingerprint density at radius 2 is 2.09 bits per heavy atom. The van der Waals surface area contributed by atoms with Gasteiger partial charge in [-0.3, -0.25) is 9.20 Å². The van der Waals surface area contributed by atoms with Crippen LogP contribution >= 0.6 is 23.2 Å². The molecule has 0 atom stereocenters. The normalized spacial score (nSPS) is 11.3. The molecule has 2 heterocycles. The predicted octanol–water partition coefficient (Wildman–Crippen LogP) is 4.43. The molecule has 0 spiro atoms. The molecule has 0 radical (unpaired) electrons. The Morgan fingerprint density at radius 1 is 1.26 bits per heavy atom. The van der Waals surface area contributed by atoms with Gasteiger partial charge in [0.05, 0.1) is 11.4 Å². The molecule has 1 N–H and O–H groups in total. The first-order valence-corrected chi connectivity index (χ1v) is 7.37. The number of imidazole rings is 1. The Bertz CT molecular complexity index is 921. The summed E-state index contributed by atoms with van der Waals surface area (Å²) in [5.41, 5.74) is 1.28. The van der Waals surface area contributed by atoms with Crippen LogP contribution in [0.4, 0.5) is 10.1 Å². The number of rotatable bonds is 3. The van der Waals surface area contributed by atoms with Gasteiger partial charge in [0.1, 0.15) is 11.5 Å². The lowest BCUT2D eigenvalue weighted by Crippen LogP contribution is -2.09. The van der Waals surface area contributed by atoms with Gasteiger partial charge in [-0.15, -0.1) is 0 Å². The first kappa shape index (κ1) is 15.5. The number of nitrogens with zero attached hydrogens (tertiary/aromatic N) is 2. The number of benzene rings is 1. The number of carbonyl (C=O) groups excluding carboxylic acids is 1. The van der Waals surface area contributed by atoms with Crippen molar-refractivity contribution < 1.29 is 9.18 Å². The molecule has 116 valence electrons. The fourth-order valence-electron chi connectivity index (χ4n) is 2.06. The summed E-state index contributed by atoms with van der Waals surface area (Å²) in [7, 11) is 0. The van der Waals surface area contributed by atoms with Crippen molar-refractivity contribution in [1.82, 2.24) is 9.38 Å². The second kappa shape index (κ2) is 6.40. The van der Waals surface area contributed by atoms with Crippen LogP contribution in [0.5, 0.6) is 0 Å². The zero-order valence-corrected chi connectivity index (χ0v) is 13.1. The maximum atomic E-state index is 13.6. The van der Waals surface area contributed by atoms with Gasteiger partial charge in [-0.1, -0.05) is 29.3 Å². The fraction of sp³-hybridized carbons (Fsp3) is 0. The number of amides is 1. The second-order valence-corrected chi connectivity index (χ2v) is 5.46. The molecule has 3 rings (SSSR count). The number of anilines is 1. The number of hydrogen-bond donors (Lipinski definition) is 1. The fourth-order valence-corrected chi connectivity index (χ4v) is 2.45. The molecular formula is C16H10Cl2FN3O. The molecule has 1 amide bonds. The van der Waals surface area contributed by atoms with Gasteiger partial charge in [-0.05, 0) is 36.4 Å². The van der Waals surface area contributed by atoms with Gasteiger partial charge >= 0.3 is 0 Å². The molecule has 2 aromatic heterocycles. The first-order valence-electron chi connectivity index (χ1n) is 6.61. The smallest absolute Gasteiger partial charge is 0.248 e. The van der Waals surface area contributed by atoms with E-state index in [1.165, 1.54) is 24.3 Å². The van der Waals surface area contributed by atoms with Crippen LogP contribution in [0, 0.1) is 5.82 Å². The van der Waals surface area contributed by atoms with Crippen LogP contribution in [0.15, 0.2) is 48.7 Å². The van der Waals surface area contributed by atoms with E-state index < -0.39 is 11.7 Å². The van der Waals surface area contributed by atoms with E-state index in [0.29, 0.717) is 11.3 Å². The molecule has 0 unspecified atom stereocenters. The van der Waals surface area contributed by atoms with E-state index in [1.807, 2.05) is 12.1 Å². The number of halogens is 3. The van der Waals surface area contributed by atoms with Crippen molar-refractivity contribution in [2.24, 2.45) is 0 Å². The highest BCUT2D eigenvalue weighted by Crippen LogP contribution is 2.20. The number of carbonyl (C=O) groups is 1. The molecule has 0 saturated carbocycles. The minimum atomic E-state index is -0.605. The SMILES string of the molecule is O=C(/C=C/c1c(Cl)nc2ccccn12)Nc1ccc(Cl)cc1F. The Hall–Kier alpha value is -2.37. The van der Waals surface area contributed by atoms with E-state index in [0.717, 1.165) is 6.07 Å². The number of nitrogens with one attached hydrogen (secondary N) is 1. The summed E-state index contributed by atoms with van der Waals surface area (Å²) in [5, 5.41) is 2.97. The van der Waals surface area contributed by atoms with Gasteiger partial charge in [-0.2, -0.15) is 0 Å². The molecule has 0 bridgehead atoms. The van der Waals surface area contributed by atoms with Crippen LogP contribution in [0.1, 0.15) is 5.69 Å². The van der Waals surface area contributed by atoms with Gasteiger partial charge in [0.15, 0.2) is 5.15 Å². The largest absolute Gasteiger partial charge is 0.320 e. The van der Waals surface area contributed by atoms with Crippen LogP contribution < -0.4 is 5.32 Å². The van der Waals surface area contributed by atoms with E-state index in [1.54, 1.807) is 16.7 Å². The summed E-state index contributed by atoms with van der Waals surface area (Å²) >= 11 is 11.7. The summed E-state index contributed by atoms with van der Waals surface area (Å²) in [6.45, 7) is 0. The van der Waals surface area contributed by atoms with Crippen LogP contribution in [0.2, 0.25) is 10.2 Å². The van der Waals surface area contributed by atoms with Crippen molar-refractivity contribution >= 4 is 46.5 Å². The van der Waals surface area contributed by atoms with Crippen LogP contribution in [0.25, 0.3) is 11.7 Å². The number of aromatic nitrogens is 2. The molecule has 0 aliphatic heterocycles. The minimum absolute atomic E-state index is 0.0493. The molecule has 1 aromatic carbocycles. The van der Waals surface area contributed by atoms with Crippen molar-refractivity contribution in [2.45, 2.75) is 0 Å². The third kappa shape index (κ3) is 3.36. The van der Waals surface area contributed by atoms with E-state index in [4.69, 9.17) is 23.2 Å². The topological polar surface area (TPSA) is 46.4 Å². The van der Waals surface area contributed by atoms with Gasteiger partial charge < -0.3 is 5.32 Å². The molecule has 0 aliphatic carbocycles. The molecule has 0 aliphatic rings. The van der Waals surface area contributed by atoms with Crippen molar-refractivity contribution in [1.29, 1.82) is 0 Å². The molecule has 4 nitrogen and oxygen atoms in total. The van der Waals surface area contributed by atoms with E-state index >= 15 is 0 Å². The average Bonchev–Trinajstić information content (AvgIpc) is 2.83. The molecule has 3 aromatic rings. The standard InChI is InChI=1S/C16H10Cl2FN3O/c17-10-4-5-12(11(19)9-10)20-15(23)7-6-13-16(18)21-14-3-1-2-8-22(13)14/h1-9H,(H,20,23)/b7-6+. The number of fused-ring (bicyclic) bond motifs is 1. The average molecular weight is 350 g/mol. The quantitative estimate of drug-likeness (QED) is 0.711. The van der Waals surface area contributed by atoms with E-state index in [9.17, 15) is 9.18 Å². The van der Waals surface area contributed by atoms with Gasteiger partial charge in [0.2, 0.25) is 5.91 Å². The van der Waals surface area contributed by atoms with Gasteiger partial charge in [0.25, 0.3) is 0 Å². The van der Waals surface area contributed by atoms with E-state index in [-0.39, 0.29) is 15.9 Å². The molecule has 23 heavy (non-hydrogen) atoms. The molecule has 7 heteroatoms. The van der Waals surface area contributed by atoms with Crippen LogP contribution in [-0.2, 0) is 4.79 Å². The Labute approximate surface area is 141 Å². The number of hydrogen-bond acceptors (Lipinski definition) is 2. The summed E-state index contributed by atoms with van der Waals surface area (Å²) < 4.78 is 15.4. The van der Waals surface area contributed by atoms with Crippen LogP contribution in [0.3, 0.4) is 0 Å². The summed E-state index contributed by atoms with van der Waals surface area (Å²) in [5.74, 6) is -1.10. The Balaban J connectivity index is 1.81. The molecule has 0 saturated heterocycles. The maximum absolute atomic E-state index is 13.6. The zero-order chi connectivity index (χ0) is 16.4. The lowest BCUT2D eigenvalue weighted by atomic mass is 10.3. The Morgan fingerprint density at radius 3 is 2.87 bits per heavy atom. The van der Waals surface area contributed by atoms with Crippen molar-refractivity contribution in [2.75, 3.05) is 5.32 Å². The van der Waals surface area contributed by atoms with E-state index in [2.05, 4.69) is 10.3 Å². The van der Waals surface area contributed by atoms with Gasteiger partial charge in [-0.25, -0.2) is 9.37 Å². The predicted molar refractivity (Wildman–Crippen MR) is 89.3 cm³/mol. The third-order valence-electron chi connectivity index (χ3n) is 3.10. The summed E-state index contributed by atoms with van der Waals surface area (Å²) in [6.07, 6.45) is 4.56. The van der Waals surface area contributed by atoms with Crippen LogP contribution in [-0.4, -0.2) is 15.3 Å². The minimum Gasteiger partial charge on any atom is -0.320 e. The summed E-state index contributed by atoms with van der Waals surface area (Å²) in [6, 6.07) is 9.47.